The largest absolute Gasteiger partial charge is 0.460 e. The Balaban J connectivity index is 1.25. The Kier molecular flexibility index (Phi) is 6.34. The number of carbonyl (C=O) groups is 1. The first-order valence-electron chi connectivity index (χ1n) is 11.0. The highest BCUT2D eigenvalue weighted by Crippen LogP contribution is 2.31. The van der Waals surface area contributed by atoms with E-state index in [4.69, 9.17) is 4.74 Å². The van der Waals surface area contributed by atoms with Crippen molar-refractivity contribution in [2.24, 2.45) is 5.92 Å². The van der Waals surface area contributed by atoms with Gasteiger partial charge in [-0.15, -0.1) is 0 Å². The van der Waals surface area contributed by atoms with Crippen molar-refractivity contribution in [1.82, 2.24) is 19.9 Å². The molecule has 8 heteroatoms. The number of aromatic amines is 1. The molecule has 2 aromatic heterocycles. The van der Waals surface area contributed by atoms with Gasteiger partial charge < -0.3 is 9.72 Å². The second-order valence-corrected chi connectivity index (χ2v) is 9.57. The van der Waals surface area contributed by atoms with Crippen LogP contribution in [0.3, 0.4) is 0 Å². The van der Waals surface area contributed by atoms with Crippen LogP contribution in [0, 0.1) is 11.7 Å². The highest BCUT2D eigenvalue weighted by molar-refractivity contribution is 14.1. The molecule has 2 heterocycles. The van der Waals surface area contributed by atoms with E-state index in [0.717, 1.165) is 36.7 Å². The van der Waals surface area contributed by atoms with Crippen LogP contribution in [-0.2, 0) is 4.79 Å². The molecule has 0 bridgehead atoms. The quantitative estimate of drug-likeness (QED) is 0.229. The predicted octanol–water partition coefficient (Wildman–Crippen LogP) is 6.12. The van der Waals surface area contributed by atoms with Gasteiger partial charge in [-0.2, -0.15) is 0 Å². The maximum Gasteiger partial charge on any atom is 0.316 e. The first-order chi connectivity index (χ1) is 16.0. The lowest BCUT2D eigenvalue weighted by atomic mass is 9.86. The molecule has 6 nitrogen and oxygen atoms in total. The number of imidazole rings is 1. The number of hydrogen-bond donors (Lipinski definition) is 1. The van der Waals surface area contributed by atoms with Gasteiger partial charge in [0.05, 0.1) is 16.6 Å². The van der Waals surface area contributed by atoms with Gasteiger partial charge in [0.1, 0.15) is 17.7 Å². The summed E-state index contributed by atoms with van der Waals surface area (Å²) in [4.78, 5) is 27.6. The van der Waals surface area contributed by atoms with E-state index in [1.165, 1.54) is 6.07 Å². The van der Waals surface area contributed by atoms with Gasteiger partial charge in [-0.25, -0.2) is 19.3 Å². The third-order valence-corrected chi connectivity index (χ3v) is 6.53. The van der Waals surface area contributed by atoms with Crippen molar-refractivity contribution in [3.8, 4) is 28.5 Å². The van der Waals surface area contributed by atoms with E-state index in [1.807, 2.05) is 52.9 Å². The van der Waals surface area contributed by atoms with Crippen LogP contribution >= 0.6 is 22.6 Å². The first-order valence-corrected chi connectivity index (χ1v) is 12.0. The number of benzene rings is 2. The number of para-hydroxylation sites is 2. The highest BCUT2D eigenvalue weighted by atomic mass is 127. The van der Waals surface area contributed by atoms with E-state index in [1.54, 1.807) is 18.5 Å². The summed E-state index contributed by atoms with van der Waals surface area (Å²) >= 11 is 1.87. The fourth-order valence-corrected chi connectivity index (χ4v) is 4.95. The normalized spacial score (nSPS) is 18.4. The van der Waals surface area contributed by atoms with Crippen LogP contribution in [0.1, 0.15) is 32.1 Å². The van der Waals surface area contributed by atoms with Crippen LogP contribution in [0.15, 0.2) is 54.9 Å². The van der Waals surface area contributed by atoms with Crippen molar-refractivity contribution < 1.29 is 13.9 Å². The lowest BCUT2D eigenvalue weighted by Crippen LogP contribution is -2.25. The summed E-state index contributed by atoms with van der Waals surface area (Å²) in [7, 11) is 0. The third-order valence-electron chi connectivity index (χ3n) is 6.09. The van der Waals surface area contributed by atoms with E-state index in [0.29, 0.717) is 40.9 Å². The minimum Gasteiger partial charge on any atom is -0.460 e. The Morgan fingerprint density at radius 1 is 1.06 bits per heavy atom. The van der Waals surface area contributed by atoms with Crippen molar-refractivity contribution >= 4 is 37.4 Å². The number of hydrogen-bond acceptors (Lipinski definition) is 5. The van der Waals surface area contributed by atoms with E-state index in [2.05, 4.69) is 19.9 Å². The monoisotopic (exact) mass is 556 g/mol. The van der Waals surface area contributed by atoms with Crippen LogP contribution in [0.2, 0.25) is 0 Å². The number of halogens is 2. The zero-order valence-corrected chi connectivity index (χ0v) is 20.0. The molecule has 0 radical (unpaired) electrons. The molecule has 0 atom stereocenters. The van der Waals surface area contributed by atoms with E-state index in [9.17, 15) is 9.18 Å². The number of aromatic nitrogens is 4. The minimum absolute atomic E-state index is 0.0666. The average Bonchev–Trinajstić information content (AvgIpc) is 3.24. The fourth-order valence-electron chi connectivity index (χ4n) is 4.32. The van der Waals surface area contributed by atoms with Gasteiger partial charge >= 0.3 is 6.01 Å². The smallest absolute Gasteiger partial charge is 0.316 e. The average molecular weight is 556 g/mol. The van der Waals surface area contributed by atoms with Crippen molar-refractivity contribution in [1.29, 1.82) is 0 Å². The molecular weight excluding hydrogens is 534 g/mol. The molecule has 1 aliphatic carbocycles. The molecule has 1 saturated carbocycles. The van der Waals surface area contributed by atoms with Gasteiger partial charge in [0.2, 0.25) is 0 Å². The van der Waals surface area contributed by atoms with E-state index >= 15 is 0 Å². The van der Waals surface area contributed by atoms with Crippen molar-refractivity contribution in [2.75, 3.05) is 0 Å². The van der Waals surface area contributed by atoms with Crippen LogP contribution in [0.5, 0.6) is 6.01 Å². The Morgan fingerprint density at radius 2 is 1.82 bits per heavy atom. The Morgan fingerprint density at radius 3 is 2.52 bits per heavy atom. The number of ether oxygens (including phenoxy) is 1. The van der Waals surface area contributed by atoms with Gasteiger partial charge in [0.15, 0.2) is 3.79 Å². The lowest BCUT2D eigenvalue weighted by Gasteiger charge is -2.27. The summed E-state index contributed by atoms with van der Waals surface area (Å²) in [5.41, 5.74) is 3.47. The van der Waals surface area contributed by atoms with Crippen LogP contribution < -0.4 is 4.74 Å². The number of fused-ring (bicyclic) bond motifs is 1. The molecule has 0 aliphatic heterocycles. The van der Waals surface area contributed by atoms with Gasteiger partial charge in [-0.3, -0.25) is 4.79 Å². The molecule has 0 amide bonds. The second kappa shape index (κ2) is 9.54. The molecule has 4 aromatic rings. The zero-order valence-electron chi connectivity index (χ0n) is 17.8. The summed E-state index contributed by atoms with van der Waals surface area (Å²) in [6, 6.07) is 13.0. The van der Waals surface area contributed by atoms with Crippen molar-refractivity contribution in [3.05, 3.63) is 60.7 Å². The Labute approximate surface area is 204 Å². The molecular formula is C25H22FIN4O2. The molecule has 0 unspecified atom stereocenters. The molecule has 0 spiro atoms. The van der Waals surface area contributed by atoms with Crippen LogP contribution in [0.25, 0.3) is 33.5 Å². The standard InChI is InChI=1S/C25H22FIN4O2/c26-20-12-16(7-10-19(20)24-30-21-3-1-2-4-22(21)31-24)17-13-28-25(29-14-17)33-18-8-5-15(6-9-18)11-23(27)32/h1-4,7,10,12-15,18H,5-6,8-9,11H2,(H,30,31). The molecule has 0 saturated heterocycles. The molecule has 2 aromatic carbocycles. The lowest BCUT2D eigenvalue weighted by molar-refractivity contribution is -0.110. The van der Waals surface area contributed by atoms with Gasteiger partial charge in [0.25, 0.3) is 0 Å². The zero-order chi connectivity index (χ0) is 22.8. The third kappa shape index (κ3) is 5.05. The van der Waals surface area contributed by atoms with Crippen molar-refractivity contribution in [3.63, 3.8) is 0 Å². The maximum atomic E-state index is 14.9. The molecule has 33 heavy (non-hydrogen) atoms. The summed E-state index contributed by atoms with van der Waals surface area (Å²) in [5, 5.41) is 0. The Hall–Kier alpha value is -2.88. The summed E-state index contributed by atoms with van der Waals surface area (Å²) in [5.74, 6) is 0.585. The topological polar surface area (TPSA) is 80.8 Å². The van der Waals surface area contributed by atoms with Crippen LogP contribution in [-0.4, -0.2) is 29.8 Å². The second-order valence-electron chi connectivity index (χ2n) is 8.37. The van der Waals surface area contributed by atoms with E-state index in [-0.39, 0.29) is 15.7 Å². The Bertz CT molecular complexity index is 1250. The summed E-state index contributed by atoms with van der Waals surface area (Å²) in [6.07, 6.45) is 7.77. The molecule has 168 valence electrons. The first kappa shape index (κ1) is 21.9. The fraction of sp³-hybridized carbons (Fsp3) is 0.280. The molecule has 1 fully saturated rings. The summed E-state index contributed by atoms with van der Waals surface area (Å²) in [6.45, 7) is 0. The highest BCUT2D eigenvalue weighted by Gasteiger charge is 2.24. The number of nitrogens with zero attached hydrogens (tertiary/aromatic N) is 3. The minimum atomic E-state index is -0.367. The van der Waals surface area contributed by atoms with Gasteiger partial charge in [0, 0.05) is 24.4 Å². The SMILES string of the molecule is O=C(I)CC1CCC(Oc2ncc(-c3ccc(-c4nc5ccccc5[nH]4)c(F)c3)cn2)CC1. The molecule has 1 aliphatic rings. The summed E-state index contributed by atoms with van der Waals surface area (Å²) < 4.78 is 21.1. The maximum absolute atomic E-state index is 14.9. The van der Waals surface area contributed by atoms with Gasteiger partial charge in [-0.1, -0.05) is 18.2 Å². The number of rotatable bonds is 6. The van der Waals surface area contributed by atoms with Crippen molar-refractivity contribution in [2.45, 2.75) is 38.2 Å². The predicted molar refractivity (Wildman–Crippen MR) is 133 cm³/mol. The van der Waals surface area contributed by atoms with Gasteiger partial charge in [-0.05, 0) is 84.0 Å². The number of H-pyrrole nitrogens is 1. The molecule has 5 rings (SSSR count). The van der Waals surface area contributed by atoms with Crippen LogP contribution in [0.4, 0.5) is 4.39 Å². The number of nitrogens with one attached hydrogen (secondary N) is 1. The number of carbonyl (C=O) groups excluding carboxylic acids is 1. The van der Waals surface area contributed by atoms with E-state index < -0.39 is 0 Å². The molecule has 1 N–H and O–H groups in total.